The second kappa shape index (κ2) is 14.1. The summed E-state index contributed by atoms with van der Waals surface area (Å²) in [6.07, 6.45) is 0. The summed E-state index contributed by atoms with van der Waals surface area (Å²) >= 11 is 0. The van der Waals surface area contributed by atoms with Crippen molar-refractivity contribution in [1.29, 1.82) is 0 Å². The van der Waals surface area contributed by atoms with Crippen LogP contribution in [-0.4, -0.2) is 9.97 Å². The first kappa shape index (κ1) is 36.0. The van der Waals surface area contributed by atoms with Crippen LogP contribution in [0.1, 0.15) is 25.0 Å². The molecule has 0 radical (unpaired) electrons. The summed E-state index contributed by atoms with van der Waals surface area (Å²) in [6, 6.07) is 73.7. The Kier molecular flexibility index (Phi) is 8.20. The number of hydrogen-bond donors (Lipinski definition) is 0. The van der Waals surface area contributed by atoms with Crippen molar-refractivity contribution in [2.45, 2.75) is 19.3 Å². The first-order valence-corrected chi connectivity index (χ1v) is 21.3. The lowest BCUT2D eigenvalue weighted by Gasteiger charge is -2.22. The maximum Gasteiger partial charge on any atom is 0.160 e. The molecular weight excluding hydrogens is 753 g/mol. The van der Waals surface area contributed by atoms with E-state index in [-0.39, 0.29) is 5.41 Å². The SMILES string of the molecule is CC1(C)c2cc3ccccc3cc2-c2c(-c3cc(-c4cc(-c5ccccc5-c5ccccc5)nc(-c5ccccc5)n4)cc(-c4cccc5oc6ccccc6c45)c3)cccc21. The average Bonchev–Trinajstić information content (AvgIpc) is 3.82. The van der Waals surface area contributed by atoms with E-state index in [1.165, 1.54) is 38.6 Å². The van der Waals surface area contributed by atoms with Crippen LogP contribution >= 0.6 is 0 Å². The highest BCUT2D eigenvalue weighted by molar-refractivity contribution is 6.13. The maximum absolute atomic E-state index is 6.46. The molecule has 1 aliphatic rings. The third-order valence-corrected chi connectivity index (χ3v) is 12.9. The third-order valence-electron chi connectivity index (χ3n) is 12.9. The molecule has 0 spiro atoms. The van der Waals surface area contributed by atoms with Crippen molar-refractivity contribution >= 4 is 32.7 Å². The lowest BCUT2D eigenvalue weighted by Crippen LogP contribution is -2.14. The lowest BCUT2D eigenvalue weighted by atomic mass is 9.81. The largest absolute Gasteiger partial charge is 0.456 e. The van der Waals surface area contributed by atoms with Crippen LogP contribution in [-0.2, 0) is 5.41 Å². The molecule has 62 heavy (non-hydrogen) atoms. The van der Waals surface area contributed by atoms with E-state index in [1.54, 1.807) is 0 Å². The number of aromatic nitrogens is 2. The van der Waals surface area contributed by atoms with Crippen molar-refractivity contribution in [1.82, 2.24) is 9.97 Å². The second-order valence-electron chi connectivity index (χ2n) is 16.9. The first-order valence-electron chi connectivity index (χ1n) is 21.3. The molecule has 0 amide bonds. The Morgan fingerprint density at radius 2 is 0.952 bits per heavy atom. The minimum absolute atomic E-state index is 0.176. The monoisotopic (exact) mass is 792 g/mol. The standard InChI is InChI=1S/C59H40N2O/c1-59(2)50-28-15-26-45(56(50)49-34-39-21-9-10-22-40(39)35-51(49)59)41-31-42(46-27-16-30-55-57(46)48-25-13-14-29-54(48)62-55)33-43(32-41)52-36-53(61-58(60-52)38-19-7-4-8-20-38)47-24-12-11-23-44(47)37-17-5-3-6-18-37/h3-36H,1-2H3. The highest BCUT2D eigenvalue weighted by atomic mass is 16.3. The predicted molar refractivity (Wildman–Crippen MR) is 257 cm³/mol. The van der Waals surface area contributed by atoms with Gasteiger partial charge in [-0.15, -0.1) is 0 Å². The molecule has 0 bridgehead atoms. The van der Waals surface area contributed by atoms with Gasteiger partial charge in [0.1, 0.15) is 11.2 Å². The number of furan rings is 1. The molecule has 3 nitrogen and oxygen atoms in total. The Morgan fingerprint density at radius 3 is 1.76 bits per heavy atom. The normalized spacial score (nSPS) is 12.8. The summed E-state index contributed by atoms with van der Waals surface area (Å²) in [5, 5.41) is 4.71. The van der Waals surface area contributed by atoms with E-state index in [2.05, 4.69) is 208 Å². The van der Waals surface area contributed by atoms with E-state index < -0.39 is 0 Å². The van der Waals surface area contributed by atoms with Crippen molar-refractivity contribution in [3.05, 3.63) is 217 Å². The zero-order valence-corrected chi connectivity index (χ0v) is 34.4. The summed E-state index contributed by atoms with van der Waals surface area (Å²) in [7, 11) is 0. The Hall–Kier alpha value is -7.88. The number of hydrogen-bond acceptors (Lipinski definition) is 3. The Bertz CT molecular complexity index is 3540. The molecule has 0 fully saturated rings. The van der Waals surface area contributed by atoms with Gasteiger partial charge in [-0.3, -0.25) is 0 Å². The van der Waals surface area contributed by atoms with Crippen molar-refractivity contribution in [3.8, 4) is 78.4 Å². The van der Waals surface area contributed by atoms with Gasteiger partial charge in [-0.1, -0.05) is 172 Å². The Morgan fingerprint density at radius 1 is 0.371 bits per heavy atom. The molecule has 0 N–H and O–H groups in total. The molecule has 9 aromatic carbocycles. The van der Waals surface area contributed by atoms with E-state index in [0.717, 1.165) is 77.8 Å². The molecule has 2 heterocycles. The van der Waals surface area contributed by atoms with E-state index in [9.17, 15) is 0 Å². The number of rotatable bonds is 6. The van der Waals surface area contributed by atoms with Gasteiger partial charge in [0, 0.05) is 32.9 Å². The van der Waals surface area contributed by atoms with Crippen LogP contribution in [0.4, 0.5) is 0 Å². The molecule has 1 aliphatic carbocycles. The van der Waals surface area contributed by atoms with E-state index >= 15 is 0 Å². The molecular formula is C59H40N2O. The van der Waals surface area contributed by atoms with Gasteiger partial charge < -0.3 is 4.42 Å². The summed E-state index contributed by atoms with van der Waals surface area (Å²) in [5.41, 5.74) is 18.4. The zero-order valence-electron chi connectivity index (χ0n) is 34.4. The fraction of sp³-hybridized carbons (Fsp3) is 0.0508. The van der Waals surface area contributed by atoms with Crippen LogP contribution in [0, 0.1) is 0 Å². The molecule has 0 saturated heterocycles. The highest BCUT2D eigenvalue weighted by Gasteiger charge is 2.37. The molecule has 0 aliphatic heterocycles. The Labute approximate surface area is 360 Å². The average molecular weight is 793 g/mol. The smallest absolute Gasteiger partial charge is 0.160 e. The van der Waals surface area contributed by atoms with Crippen LogP contribution in [0.3, 0.4) is 0 Å². The molecule has 12 rings (SSSR count). The van der Waals surface area contributed by atoms with Gasteiger partial charge >= 0.3 is 0 Å². The molecule has 0 unspecified atom stereocenters. The maximum atomic E-state index is 6.46. The summed E-state index contributed by atoms with van der Waals surface area (Å²) in [4.78, 5) is 10.7. The van der Waals surface area contributed by atoms with Gasteiger partial charge in [0.05, 0.1) is 11.4 Å². The van der Waals surface area contributed by atoms with Gasteiger partial charge in [0.2, 0.25) is 0 Å². The van der Waals surface area contributed by atoms with Crippen molar-refractivity contribution < 1.29 is 4.42 Å². The van der Waals surface area contributed by atoms with Crippen molar-refractivity contribution in [2.24, 2.45) is 0 Å². The zero-order chi connectivity index (χ0) is 41.4. The minimum atomic E-state index is -0.176. The molecule has 3 heteroatoms. The van der Waals surface area contributed by atoms with Gasteiger partial charge in [0.15, 0.2) is 5.82 Å². The van der Waals surface area contributed by atoms with E-state index in [1.807, 2.05) is 12.1 Å². The number of benzene rings is 9. The van der Waals surface area contributed by atoms with E-state index in [0.29, 0.717) is 5.82 Å². The van der Waals surface area contributed by atoms with Crippen LogP contribution in [0.2, 0.25) is 0 Å². The third kappa shape index (κ3) is 5.81. The number of fused-ring (bicyclic) bond motifs is 7. The van der Waals surface area contributed by atoms with E-state index in [4.69, 9.17) is 14.4 Å². The van der Waals surface area contributed by atoms with Gasteiger partial charge in [-0.25, -0.2) is 9.97 Å². The molecule has 292 valence electrons. The summed E-state index contributed by atoms with van der Waals surface area (Å²) < 4.78 is 6.46. The molecule has 11 aromatic rings. The summed E-state index contributed by atoms with van der Waals surface area (Å²) in [6.45, 7) is 4.73. The van der Waals surface area contributed by atoms with Crippen molar-refractivity contribution in [2.75, 3.05) is 0 Å². The van der Waals surface area contributed by atoms with Gasteiger partial charge in [-0.2, -0.15) is 0 Å². The topological polar surface area (TPSA) is 38.9 Å². The molecule has 0 atom stereocenters. The fourth-order valence-corrected chi connectivity index (χ4v) is 9.84. The first-order chi connectivity index (χ1) is 30.5. The second-order valence-corrected chi connectivity index (χ2v) is 16.9. The minimum Gasteiger partial charge on any atom is -0.456 e. The van der Waals surface area contributed by atoms with Crippen LogP contribution in [0.15, 0.2) is 211 Å². The number of nitrogens with zero attached hydrogens (tertiary/aromatic N) is 2. The summed E-state index contributed by atoms with van der Waals surface area (Å²) in [5.74, 6) is 0.680. The van der Waals surface area contributed by atoms with Crippen molar-refractivity contribution in [3.63, 3.8) is 0 Å². The lowest BCUT2D eigenvalue weighted by molar-refractivity contribution is 0.661. The highest BCUT2D eigenvalue weighted by Crippen LogP contribution is 2.54. The van der Waals surface area contributed by atoms with Crippen LogP contribution in [0.25, 0.3) is 111 Å². The van der Waals surface area contributed by atoms with Crippen LogP contribution in [0.5, 0.6) is 0 Å². The Balaban J connectivity index is 1.15. The predicted octanol–water partition coefficient (Wildman–Crippen LogP) is 15.8. The van der Waals surface area contributed by atoms with Gasteiger partial charge in [0.25, 0.3) is 0 Å². The van der Waals surface area contributed by atoms with Crippen LogP contribution < -0.4 is 0 Å². The number of para-hydroxylation sites is 1. The molecule has 2 aromatic heterocycles. The fourth-order valence-electron chi connectivity index (χ4n) is 9.84. The quantitative estimate of drug-likeness (QED) is 0.168. The molecule has 0 saturated carbocycles. The van der Waals surface area contributed by atoms with Gasteiger partial charge in [-0.05, 0) is 115 Å².